The Morgan fingerprint density at radius 3 is 2.76 bits per heavy atom. The molecule has 0 aliphatic carbocycles. The average Bonchev–Trinajstić information content (AvgIpc) is 2.63. The molecule has 0 radical (unpaired) electrons. The summed E-state index contributed by atoms with van der Waals surface area (Å²) in [7, 11) is 3.72. The highest BCUT2D eigenvalue weighted by Crippen LogP contribution is 2.13. The topological polar surface area (TPSA) is 91.4 Å². The lowest BCUT2D eigenvalue weighted by molar-refractivity contribution is 0.174. The van der Waals surface area contributed by atoms with E-state index in [0.29, 0.717) is 24.9 Å². The zero-order chi connectivity index (χ0) is 12.4. The lowest BCUT2D eigenvalue weighted by Crippen LogP contribution is -2.24. The quantitative estimate of drug-likeness (QED) is 0.704. The molecular formula is C10H18N6O. The summed E-state index contributed by atoms with van der Waals surface area (Å²) in [4.78, 5) is 16.4. The van der Waals surface area contributed by atoms with Crippen LogP contribution in [0.1, 0.15) is 12.2 Å². The Labute approximate surface area is 100 Å². The first-order valence-electron chi connectivity index (χ1n) is 5.63. The van der Waals surface area contributed by atoms with Crippen LogP contribution < -0.4 is 10.6 Å². The number of nitrogens with two attached hydrogens (primary N) is 1. The van der Waals surface area contributed by atoms with E-state index in [1.54, 1.807) is 4.90 Å². The maximum Gasteiger partial charge on any atom is 0.229 e. The number of aliphatic hydroxyl groups is 1. The van der Waals surface area contributed by atoms with Crippen molar-refractivity contribution in [3.8, 4) is 0 Å². The lowest BCUT2D eigenvalue weighted by atomic mass is 10.3. The second kappa shape index (κ2) is 4.80. The number of β-amino-alcohol motifs (C(OH)–C–C–N with tert-alkyl or cyclic N) is 1. The van der Waals surface area contributed by atoms with Crippen LogP contribution in [0.3, 0.4) is 0 Å². The molecular weight excluding hydrogens is 220 g/mol. The van der Waals surface area contributed by atoms with Crippen molar-refractivity contribution in [3.05, 3.63) is 5.82 Å². The van der Waals surface area contributed by atoms with Crippen molar-refractivity contribution in [2.45, 2.75) is 19.1 Å². The fourth-order valence-electron chi connectivity index (χ4n) is 1.85. The molecule has 0 saturated carbocycles. The zero-order valence-corrected chi connectivity index (χ0v) is 10.2. The van der Waals surface area contributed by atoms with Gasteiger partial charge in [-0.05, 0) is 6.42 Å². The summed E-state index contributed by atoms with van der Waals surface area (Å²) in [6, 6.07) is 0. The fraction of sp³-hybridized carbons (Fsp3) is 0.700. The third kappa shape index (κ3) is 3.01. The van der Waals surface area contributed by atoms with Crippen LogP contribution in [-0.4, -0.2) is 58.2 Å². The number of hydrogen-bond acceptors (Lipinski definition) is 7. The lowest BCUT2D eigenvalue weighted by Gasteiger charge is -2.15. The van der Waals surface area contributed by atoms with Gasteiger partial charge in [0, 0.05) is 27.2 Å². The normalized spacial score (nSPS) is 20.8. The van der Waals surface area contributed by atoms with Gasteiger partial charge in [-0.25, -0.2) is 0 Å². The second-order valence-corrected chi connectivity index (χ2v) is 4.48. The number of anilines is 2. The molecule has 2 rings (SSSR count). The average molecular weight is 238 g/mol. The number of nitrogen functional groups attached to an aromatic ring is 1. The molecule has 0 spiro atoms. The third-order valence-electron chi connectivity index (χ3n) is 2.70. The minimum atomic E-state index is -0.234. The Morgan fingerprint density at radius 1 is 1.41 bits per heavy atom. The highest BCUT2D eigenvalue weighted by molar-refractivity contribution is 5.32. The number of nitrogens with zero attached hydrogens (tertiary/aromatic N) is 5. The maximum absolute atomic E-state index is 9.45. The summed E-state index contributed by atoms with van der Waals surface area (Å²) < 4.78 is 0. The molecule has 1 fully saturated rings. The van der Waals surface area contributed by atoms with Crippen molar-refractivity contribution < 1.29 is 5.11 Å². The van der Waals surface area contributed by atoms with E-state index >= 15 is 0 Å². The number of aliphatic hydroxyl groups excluding tert-OH is 1. The molecule has 1 aromatic heterocycles. The first-order chi connectivity index (χ1) is 8.04. The molecule has 3 N–H and O–H groups in total. The molecule has 1 saturated heterocycles. The van der Waals surface area contributed by atoms with E-state index in [1.165, 1.54) is 0 Å². The van der Waals surface area contributed by atoms with Crippen molar-refractivity contribution in [1.29, 1.82) is 0 Å². The monoisotopic (exact) mass is 238 g/mol. The molecule has 0 aromatic carbocycles. The number of hydrogen-bond donors (Lipinski definition) is 2. The summed E-state index contributed by atoms with van der Waals surface area (Å²) in [5.74, 6) is 1.45. The first kappa shape index (κ1) is 12.0. The van der Waals surface area contributed by atoms with Gasteiger partial charge in [0.25, 0.3) is 0 Å². The summed E-state index contributed by atoms with van der Waals surface area (Å²) in [6.07, 6.45) is 0.573. The predicted molar refractivity (Wildman–Crippen MR) is 64.5 cm³/mol. The number of rotatable bonds is 3. The molecule has 1 atom stereocenters. The molecule has 0 amide bonds. The Kier molecular flexibility index (Phi) is 3.39. The molecule has 1 aliphatic heterocycles. The van der Waals surface area contributed by atoms with Gasteiger partial charge in [-0.15, -0.1) is 0 Å². The SMILES string of the molecule is CN(C)c1nc(N)nc(CN2CCC(O)C2)n1. The summed E-state index contributed by atoms with van der Waals surface area (Å²) in [6.45, 7) is 2.14. The molecule has 1 aliphatic rings. The molecule has 94 valence electrons. The van der Waals surface area contributed by atoms with Crippen LogP contribution in [0.4, 0.5) is 11.9 Å². The van der Waals surface area contributed by atoms with Crippen molar-refractivity contribution in [2.75, 3.05) is 37.8 Å². The van der Waals surface area contributed by atoms with Crippen molar-refractivity contribution in [3.63, 3.8) is 0 Å². The van der Waals surface area contributed by atoms with Crippen LogP contribution >= 0.6 is 0 Å². The van der Waals surface area contributed by atoms with Gasteiger partial charge < -0.3 is 15.7 Å². The number of aromatic nitrogens is 3. The van der Waals surface area contributed by atoms with Gasteiger partial charge in [-0.2, -0.15) is 15.0 Å². The number of likely N-dealkylation sites (tertiary alicyclic amines) is 1. The predicted octanol–water partition coefficient (Wildman–Crippen LogP) is -0.914. The molecule has 7 nitrogen and oxygen atoms in total. The minimum Gasteiger partial charge on any atom is -0.392 e. The molecule has 7 heteroatoms. The Balaban J connectivity index is 2.10. The van der Waals surface area contributed by atoms with Gasteiger partial charge in [-0.1, -0.05) is 0 Å². The van der Waals surface area contributed by atoms with Crippen LogP contribution in [0.2, 0.25) is 0 Å². The molecule has 17 heavy (non-hydrogen) atoms. The highest BCUT2D eigenvalue weighted by atomic mass is 16.3. The third-order valence-corrected chi connectivity index (χ3v) is 2.70. The molecule has 1 aromatic rings. The fourth-order valence-corrected chi connectivity index (χ4v) is 1.85. The standard InChI is InChI=1S/C10H18N6O/c1-15(2)10-13-8(12-9(11)14-10)6-16-4-3-7(17)5-16/h7,17H,3-6H2,1-2H3,(H2,11,12,13,14). The maximum atomic E-state index is 9.45. The van der Waals surface area contributed by atoms with E-state index in [-0.39, 0.29) is 12.1 Å². The Morgan fingerprint density at radius 2 is 2.18 bits per heavy atom. The Bertz CT molecular complexity index is 396. The molecule has 1 unspecified atom stereocenters. The minimum absolute atomic E-state index is 0.234. The van der Waals surface area contributed by atoms with Crippen molar-refractivity contribution in [2.24, 2.45) is 0 Å². The van der Waals surface area contributed by atoms with Gasteiger partial charge in [0.05, 0.1) is 12.6 Å². The second-order valence-electron chi connectivity index (χ2n) is 4.48. The van der Waals surface area contributed by atoms with Gasteiger partial charge in [0.2, 0.25) is 11.9 Å². The van der Waals surface area contributed by atoms with E-state index in [2.05, 4.69) is 19.9 Å². The van der Waals surface area contributed by atoms with Crippen LogP contribution in [-0.2, 0) is 6.54 Å². The molecule has 2 heterocycles. The van der Waals surface area contributed by atoms with E-state index in [9.17, 15) is 5.11 Å². The first-order valence-corrected chi connectivity index (χ1v) is 5.63. The van der Waals surface area contributed by atoms with Crippen molar-refractivity contribution in [1.82, 2.24) is 19.9 Å². The van der Waals surface area contributed by atoms with E-state index in [1.807, 2.05) is 14.1 Å². The smallest absolute Gasteiger partial charge is 0.229 e. The van der Waals surface area contributed by atoms with Crippen molar-refractivity contribution >= 4 is 11.9 Å². The van der Waals surface area contributed by atoms with Crippen LogP contribution in [0.25, 0.3) is 0 Å². The van der Waals surface area contributed by atoms with Gasteiger partial charge in [-0.3, -0.25) is 4.90 Å². The summed E-state index contributed by atoms with van der Waals surface area (Å²) in [5, 5.41) is 9.45. The van der Waals surface area contributed by atoms with Crippen LogP contribution in [0, 0.1) is 0 Å². The zero-order valence-electron chi connectivity index (χ0n) is 10.2. The van der Waals surface area contributed by atoms with E-state index in [4.69, 9.17) is 5.73 Å². The van der Waals surface area contributed by atoms with E-state index < -0.39 is 0 Å². The summed E-state index contributed by atoms with van der Waals surface area (Å²) >= 11 is 0. The highest BCUT2D eigenvalue weighted by Gasteiger charge is 2.21. The largest absolute Gasteiger partial charge is 0.392 e. The summed E-state index contributed by atoms with van der Waals surface area (Å²) in [5.41, 5.74) is 5.64. The van der Waals surface area contributed by atoms with Gasteiger partial charge >= 0.3 is 0 Å². The van der Waals surface area contributed by atoms with Gasteiger partial charge in [0.15, 0.2) is 0 Å². The van der Waals surface area contributed by atoms with Crippen LogP contribution in [0.5, 0.6) is 0 Å². The van der Waals surface area contributed by atoms with Crippen LogP contribution in [0.15, 0.2) is 0 Å². The van der Waals surface area contributed by atoms with Gasteiger partial charge in [0.1, 0.15) is 5.82 Å². The Hall–Kier alpha value is -1.47. The van der Waals surface area contributed by atoms with E-state index in [0.717, 1.165) is 13.0 Å². The molecule has 0 bridgehead atoms.